The van der Waals surface area contributed by atoms with Gasteiger partial charge in [0, 0.05) is 18.9 Å². The van der Waals surface area contributed by atoms with Crippen molar-refractivity contribution in [1.29, 1.82) is 0 Å². The quantitative estimate of drug-likeness (QED) is 0.751. The molecule has 0 aliphatic heterocycles. The molecule has 1 aromatic heterocycles. The molecule has 0 aliphatic carbocycles. The first-order chi connectivity index (χ1) is 8.88. The van der Waals surface area contributed by atoms with Crippen LogP contribution in [0.5, 0.6) is 0 Å². The second-order valence-corrected chi connectivity index (χ2v) is 4.56. The molecule has 0 fully saturated rings. The molecule has 7 heteroatoms. The summed E-state index contributed by atoms with van der Waals surface area (Å²) in [5, 5.41) is 16.6. The molecule has 0 spiro atoms. The normalized spacial score (nSPS) is 10.5. The summed E-state index contributed by atoms with van der Waals surface area (Å²) in [5.41, 5.74) is 7.66. The van der Waals surface area contributed by atoms with Gasteiger partial charge in [-0.3, -0.25) is 4.68 Å². The minimum absolute atomic E-state index is 0.0215. The molecular weight excluding hydrogens is 268 g/mol. The summed E-state index contributed by atoms with van der Waals surface area (Å²) in [6.07, 6.45) is 1.74. The van der Waals surface area contributed by atoms with Crippen molar-refractivity contribution >= 4 is 34.6 Å². The van der Waals surface area contributed by atoms with Gasteiger partial charge in [0.25, 0.3) is 0 Å². The standard InChI is InChI=1S/C12H13ClN4O2/c1-6-10(5-17(2)16-6)15-11-8(12(18)19)3-7(14)4-9(11)13/h3-5,15H,14H2,1-2H3,(H,18,19). The zero-order valence-corrected chi connectivity index (χ0v) is 11.2. The molecule has 100 valence electrons. The summed E-state index contributed by atoms with van der Waals surface area (Å²) >= 11 is 6.05. The number of aromatic carboxylic acids is 1. The maximum Gasteiger partial charge on any atom is 0.337 e. The molecule has 0 aliphatic rings. The molecule has 0 unspecified atom stereocenters. The number of aromatic nitrogens is 2. The van der Waals surface area contributed by atoms with Crippen molar-refractivity contribution in [3.63, 3.8) is 0 Å². The fraction of sp³-hybridized carbons (Fsp3) is 0.167. The van der Waals surface area contributed by atoms with Crippen LogP contribution in [-0.4, -0.2) is 20.9 Å². The van der Waals surface area contributed by atoms with Gasteiger partial charge in [0.15, 0.2) is 0 Å². The lowest BCUT2D eigenvalue weighted by Gasteiger charge is -2.11. The number of carbonyl (C=O) groups is 1. The van der Waals surface area contributed by atoms with Gasteiger partial charge < -0.3 is 16.2 Å². The van der Waals surface area contributed by atoms with Crippen molar-refractivity contribution in [2.45, 2.75) is 6.92 Å². The summed E-state index contributed by atoms with van der Waals surface area (Å²) in [6, 6.07) is 2.87. The summed E-state index contributed by atoms with van der Waals surface area (Å²) < 4.78 is 1.63. The van der Waals surface area contributed by atoms with Gasteiger partial charge in [-0.15, -0.1) is 0 Å². The number of carboxylic acids is 1. The van der Waals surface area contributed by atoms with Crippen molar-refractivity contribution in [3.05, 3.63) is 34.6 Å². The van der Waals surface area contributed by atoms with E-state index in [-0.39, 0.29) is 10.6 Å². The smallest absolute Gasteiger partial charge is 0.337 e. The molecular formula is C12H13ClN4O2. The Labute approximate surface area is 114 Å². The van der Waals surface area contributed by atoms with Crippen molar-refractivity contribution in [2.75, 3.05) is 11.1 Å². The molecule has 2 aromatic rings. The second-order valence-electron chi connectivity index (χ2n) is 4.16. The van der Waals surface area contributed by atoms with Crippen molar-refractivity contribution in [2.24, 2.45) is 7.05 Å². The predicted molar refractivity (Wildman–Crippen MR) is 74.1 cm³/mol. The average molecular weight is 281 g/mol. The largest absolute Gasteiger partial charge is 0.478 e. The van der Waals surface area contributed by atoms with Crippen LogP contribution in [0.1, 0.15) is 16.1 Å². The molecule has 19 heavy (non-hydrogen) atoms. The number of hydrogen-bond donors (Lipinski definition) is 3. The van der Waals surface area contributed by atoms with Gasteiger partial charge in [-0.25, -0.2) is 4.79 Å². The monoisotopic (exact) mass is 280 g/mol. The number of carboxylic acid groups (broad SMARTS) is 1. The van der Waals surface area contributed by atoms with E-state index in [1.54, 1.807) is 17.9 Å². The molecule has 2 rings (SSSR count). The van der Waals surface area contributed by atoms with E-state index in [2.05, 4.69) is 10.4 Å². The van der Waals surface area contributed by atoms with Gasteiger partial charge in [0.1, 0.15) is 0 Å². The van der Waals surface area contributed by atoms with Crippen LogP contribution in [-0.2, 0) is 7.05 Å². The van der Waals surface area contributed by atoms with Gasteiger partial charge in [-0.2, -0.15) is 5.10 Å². The van der Waals surface area contributed by atoms with Crippen LogP contribution >= 0.6 is 11.6 Å². The van der Waals surface area contributed by atoms with Crippen LogP contribution in [0, 0.1) is 6.92 Å². The second kappa shape index (κ2) is 4.81. The highest BCUT2D eigenvalue weighted by atomic mass is 35.5. The lowest BCUT2D eigenvalue weighted by Crippen LogP contribution is -2.05. The fourth-order valence-electron chi connectivity index (χ4n) is 1.78. The highest BCUT2D eigenvalue weighted by molar-refractivity contribution is 6.34. The molecule has 1 aromatic carbocycles. The van der Waals surface area contributed by atoms with Crippen LogP contribution in [0.2, 0.25) is 5.02 Å². The number of rotatable bonds is 3. The van der Waals surface area contributed by atoms with E-state index < -0.39 is 5.97 Å². The lowest BCUT2D eigenvalue weighted by atomic mass is 10.1. The molecule has 6 nitrogen and oxygen atoms in total. The van der Waals surface area contributed by atoms with Gasteiger partial charge in [-0.1, -0.05) is 11.6 Å². The Balaban J connectivity index is 2.50. The van der Waals surface area contributed by atoms with E-state index in [1.165, 1.54) is 12.1 Å². The topological polar surface area (TPSA) is 93.2 Å². The van der Waals surface area contributed by atoms with Gasteiger partial charge >= 0.3 is 5.97 Å². The Kier molecular flexibility index (Phi) is 3.35. The number of hydrogen-bond acceptors (Lipinski definition) is 4. The molecule has 0 saturated carbocycles. The van der Waals surface area contributed by atoms with Crippen molar-refractivity contribution in [3.8, 4) is 0 Å². The van der Waals surface area contributed by atoms with E-state index in [4.69, 9.17) is 17.3 Å². The van der Waals surface area contributed by atoms with Crippen molar-refractivity contribution in [1.82, 2.24) is 9.78 Å². The van der Waals surface area contributed by atoms with E-state index >= 15 is 0 Å². The first-order valence-electron chi connectivity index (χ1n) is 5.48. The van der Waals surface area contributed by atoms with Gasteiger partial charge in [-0.05, 0) is 19.1 Å². The number of aryl methyl sites for hydroxylation is 2. The first kappa shape index (κ1) is 13.2. The number of nitrogens with zero attached hydrogens (tertiary/aromatic N) is 2. The van der Waals surface area contributed by atoms with Crippen LogP contribution < -0.4 is 11.1 Å². The number of nitrogens with two attached hydrogens (primary N) is 1. The molecule has 0 atom stereocenters. The van der Waals surface area contributed by atoms with Crippen molar-refractivity contribution < 1.29 is 9.90 Å². The third-order valence-corrected chi connectivity index (χ3v) is 2.91. The van der Waals surface area contributed by atoms with E-state index in [9.17, 15) is 9.90 Å². The molecule has 0 radical (unpaired) electrons. The van der Waals surface area contributed by atoms with Crippen LogP contribution in [0.3, 0.4) is 0 Å². The summed E-state index contributed by atoms with van der Waals surface area (Å²) in [7, 11) is 1.78. The third kappa shape index (κ3) is 2.63. The average Bonchev–Trinajstić information content (AvgIpc) is 2.60. The van der Waals surface area contributed by atoms with E-state index in [0.717, 1.165) is 5.69 Å². The van der Waals surface area contributed by atoms with E-state index in [0.29, 0.717) is 17.1 Å². The number of anilines is 3. The minimum atomic E-state index is -1.10. The molecule has 0 amide bonds. The first-order valence-corrected chi connectivity index (χ1v) is 5.86. The summed E-state index contributed by atoms with van der Waals surface area (Å²) in [4.78, 5) is 11.2. The summed E-state index contributed by atoms with van der Waals surface area (Å²) in [6.45, 7) is 1.81. The molecule has 1 heterocycles. The maximum atomic E-state index is 11.2. The number of nitrogens with one attached hydrogen (secondary N) is 1. The SMILES string of the molecule is Cc1nn(C)cc1Nc1c(Cl)cc(N)cc1C(=O)O. The Morgan fingerprint density at radius 2 is 2.21 bits per heavy atom. The van der Waals surface area contributed by atoms with Gasteiger partial charge in [0.2, 0.25) is 0 Å². The Morgan fingerprint density at radius 3 is 2.74 bits per heavy atom. The minimum Gasteiger partial charge on any atom is -0.478 e. The number of halogens is 1. The maximum absolute atomic E-state index is 11.2. The van der Waals surface area contributed by atoms with Crippen LogP contribution in [0.4, 0.5) is 17.1 Å². The zero-order valence-electron chi connectivity index (χ0n) is 10.4. The van der Waals surface area contributed by atoms with Crippen LogP contribution in [0.15, 0.2) is 18.3 Å². The molecule has 0 bridgehead atoms. The van der Waals surface area contributed by atoms with Crippen LogP contribution in [0.25, 0.3) is 0 Å². The Morgan fingerprint density at radius 1 is 1.53 bits per heavy atom. The summed E-state index contributed by atoms with van der Waals surface area (Å²) in [5.74, 6) is -1.10. The Hall–Kier alpha value is -2.21. The lowest BCUT2D eigenvalue weighted by molar-refractivity contribution is 0.0698. The highest BCUT2D eigenvalue weighted by Gasteiger charge is 2.16. The predicted octanol–water partition coefficient (Wildman–Crippen LogP) is 2.41. The number of benzene rings is 1. The highest BCUT2D eigenvalue weighted by Crippen LogP contribution is 2.32. The number of nitrogen functional groups attached to an aromatic ring is 1. The fourth-order valence-corrected chi connectivity index (χ4v) is 2.06. The van der Waals surface area contributed by atoms with E-state index in [1.807, 2.05) is 6.92 Å². The molecule has 4 N–H and O–H groups in total. The zero-order chi connectivity index (χ0) is 14.2. The van der Waals surface area contributed by atoms with Gasteiger partial charge in [0.05, 0.1) is 27.7 Å². The third-order valence-electron chi connectivity index (χ3n) is 2.62. The Bertz CT molecular complexity index is 651. The molecule has 0 saturated heterocycles.